The van der Waals surface area contributed by atoms with Crippen molar-refractivity contribution in [2.75, 3.05) is 26.2 Å². The normalized spacial score (nSPS) is 22.0. The van der Waals surface area contributed by atoms with Crippen LogP contribution in [0.3, 0.4) is 0 Å². The lowest BCUT2D eigenvalue weighted by molar-refractivity contribution is -0.149. The van der Waals surface area contributed by atoms with Gasteiger partial charge in [0, 0.05) is 19.5 Å². The van der Waals surface area contributed by atoms with Gasteiger partial charge in [0.25, 0.3) is 0 Å². The second-order valence-electron chi connectivity index (χ2n) is 3.80. The van der Waals surface area contributed by atoms with Gasteiger partial charge in [-0.2, -0.15) is 5.26 Å². The summed E-state index contributed by atoms with van der Waals surface area (Å²) < 4.78 is 5.00. The zero-order chi connectivity index (χ0) is 11.1. The topological polar surface area (TPSA) is 53.3 Å². The average molecular weight is 210 g/mol. The molecule has 0 unspecified atom stereocenters. The van der Waals surface area contributed by atoms with Crippen molar-refractivity contribution in [2.45, 2.75) is 26.2 Å². The molecular formula is C11H18N2O2. The van der Waals surface area contributed by atoms with Crippen LogP contribution >= 0.6 is 0 Å². The Hall–Kier alpha value is -1.08. The first kappa shape index (κ1) is 12.0. The summed E-state index contributed by atoms with van der Waals surface area (Å²) >= 11 is 0. The minimum absolute atomic E-state index is 0.0115. The molecule has 1 saturated heterocycles. The maximum atomic E-state index is 11.5. The molecule has 0 bridgehead atoms. The molecule has 0 N–H and O–H groups in total. The van der Waals surface area contributed by atoms with E-state index in [0.29, 0.717) is 13.0 Å². The third-order valence-corrected chi connectivity index (χ3v) is 2.67. The predicted octanol–water partition coefficient (Wildman–Crippen LogP) is 1.18. The summed E-state index contributed by atoms with van der Waals surface area (Å²) in [5.74, 6) is -0.0726. The standard InChI is InChI=1S/C11H18N2O2/c1-2-15-11(14)10-5-3-7-13(9-10)8-4-6-12/h10H,2-5,7-9H2,1H3/t10-/m1/s1. The quantitative estimate of drug-likeness (QED) is 0.654. The van der Waals surface area contributed by atoms with Gasteiger partial charge < -0.3 is 9.64 Å². The summed E-state index contributed by atoms with van der Waals surface area (Å²) in [7, 11) is 0. The van der Waals surface area contributed by atoms with Crippen LogP contribution in [0, 0.1) is 17.2 Å². The molecule has 0 amide bonds. The van der Waals surface area contributed by atoms with Crippen molar-refractivity contribution in [1.29, 1.82) is 5.26 Å². The number of nitrogens with zero attached hydrogens (tertiary/aromatic N) is 2. The molecule has 0 aliphatic carbocycles. The van der Waals surface area contributed by atoms with Crippen LogP contribution in [0.1, 0.15) is 26.2 Å². The number of carbonyl (C=O) groups excluding carboxylic acids is 1. The summed E-state index contributed by atoms with van der Waals surface area (Å²) in [5, 5.41) is 8.49. The highest BCUT2D eigenvalue weighted by Crippen LogP contribution is 2.17. The Balaban J connectivity index is 2.35. The maximum Gasteiger partial charge on any atom is 0.310 e. The molecule has 0 spiro atoms. The van der Waals surface area contributed by atoms with Crippen LogP contribution in [0.5, 0.6) is 0 Å². The molecule has 0 aromatic rings. The molecule has 0 aromatic heterocycles. The average Bonchev–Trinajstić information content (AvgIpc) is 2.27. The van der Waals surface area contributed by atoms with Crippen LogP contribution in [0.25, 0.3) is 0 Å². The van der Waals surface area contributed by atoms with Crippen molar-refractivity contribution in [2.24, 2.45) is 5.92 Å². The van der Waals surface area contributed by atoms with Crippen LogP contribution in [-0.2, 0) is 9.53 Å². The summed E-state index contributed by atoms with van der Waals surface area (Å²) in [4.78, 5) is 13.7. The Kier molecular flexibility index (Phi) is 5.13. The number of piperidine rings is 1. The van der Waals surface area contributed by atoms with Gasteiger partial charge in [0.2, 0.25) is 0 Å². The minimum Gasteiger partial charge on any atom is -0.466 e. The minimum atomic E-state index is -0.0841. The molecule has 1 aliphatic heterocycles. The van der Waals surface area contributed by atoms with Crippen molar-refractivity contribution >= 4 is 5.97 Å². The van der Waals surface area contributed by atoms with E-state index in [2.05, 4.69) is 11.0 Å². The lowest BCUT2D eigenvalue weighted by Gasteiger charge is -2.30. The van der Waals surface area contributed by atoms with Gasteiger partial charge in [-0.25, -0.2) is 0 Å². The number of carbonyl (C=O) groups is 1. The van der Waals surface area contributed by atoms with Gasteiger partial charge in [-0.1, -0.05) is 0 Å². The van der Waals surface area contributed by atoms with Crippen LogP contribution < -0.4 is 0 Å². The van der Waals surface area contributed by atoms with E-state index < -0.39 is 0 Å². The Morgan fingerprint density at radius 1 is 1.67 bits per heavy atom. The van der Waals surface area contributed by atoms with E-state index in [-0.39, 0.29) is 11.9 Å². The number of ether oxygens (including phenoxy) is 1. The lowest BCUT2D eigenvalue weighted by atomic mass is 9.98. The molecule has 1 heterocycles. The van der Waals surface area contributed by atoms with Crippen LogP contribution in [-0.4, -0.2) is 37.1 Å². The monoisotopic (exact) mass is 210 g/mol. The van der Waals surface area contributed by atoms with Crippen molar-refractivity contribution < 1.29 is 9.53 Å². The number of nitriles is 1. The third kappa shape index (κ3) is 3.88. The summed E-state index contributed by atoms with van der Waals surface area (Å²) in [6.45, 7) is 4.80. The van der Waals surface area contributed by atoms with Gasteiger partial charge in [-0.15, -0.1) is 0 Å². The smallest absolute Gasteiger partial charge is 0.310 e. The van der Waals surface area contributed by atoms with Crippen LogP contribution in [0.2, 0.25) is 0 Å². The number of hydrogen-bond acceptors (Lipinski definition) is 4. The highest BCUT2D eigenvalue weighted by atomic mass is 16.5. The molecule has 1 aliphatic rings. The van der Waals surface area contributed by atoms with Crippen LogP contribution in [0.4, 0.5) is 0 Å². The fraction of sp³-hybridized carbons (Fsp3) is 0.818. The molecule has 1 atom stereocenters. The lowest BCUT2D eigenvalue weighted by Crippen LogP contribution is -2.39. The van der Waals surface area contributed by atoms with Gasteiger partial charge in [-0.05, 0) is 26.3 Å². The first-order chi connectivity index (χ1) is 7.27. The number of likely N-dealkylation sites (tertiary alicyclic amines) is 1. The second-order valence-corrected chi connectivity index (χ2v) is 3.80. The first-order valence-electron chi connectivity index (χ1n) is 5.54. The Labute approximate surface area is 90.8 Å². The first-order valence-corrected chi connectivity index (χ1v) is 5.54. The highest BCUT2D eigenvalue weighted by molar-refractivity contribution is 5.72. The Morgan fingerprint density at radius 2 is 2.47 bits per heavy atom. The number of rotatable bonds is 4. The molecule has 1 rings (SSSR count). The van der Waals surface area contributed by atoms with Gasteiger partial charge in [0.1, 0.15) is 0 Å². The molecule has 0 saturated carbocycles. The molecule has 4 nitrogen and oxygen atoms in total. The van der Waals surface area contributed by atoms with E-state index in [1.165, 1.54) is 0 Å². The van der Waals surface area contributed by atoms with Gasteiger partial charge >= 0.3 is 5.97 Å². The van der Waals surface area contributed by atoms with E-state index in [4.69, 9.17) is 10.00 Å². The Morgan fingerprint density at radius 3 is 3.13 bits per heavy atom. The summed E-state index contributed by atoms with van der Waals surface area (Å²) in [5.41, 5.74) is 0. The largest absolute Gasteiger partial charge is 0.466 e. The number of hydrogen-bond donors (Lipinski definition) is 0. The van der Waals surface area contributed by atoms with E-state index >= 15 is 0 Å². The predicted molar refractivity (Wildman–Crippen MR) is 56.0 cm³/mol. The summed E-state index contributed by atoms with van der Waals surface area (Å²) in [6.07, 6.45) is 2.48. The molecule has 1 fully saturated rings. The zero-order valence-electron chi connectivity index (χ0n) is 9.24. The number of esters is 1. The van der Waals surface area contributed by atoms with Crippen molar-refractivity contribution in [1.82, 2.24) is 4.90 Å². The van der Waals surface area contributed by atoms with E-state index in [0.717, 1.165) is 32.5 Å². The SMILES string of the molecule is CCOC(=O)[C@@H]1CCCN(CCC#N)C1. The van der Waals surface area contributed by atoms with Crippen molar-refractivity contribution in [3.8, 4) is 6.07 Å². The van der Waals surface area contributed by atoms with E-state index in [9.17, 15) is 4.79 Å². The van der Waals surface area contributed by atoms with Crippen LogP contribution in [0.15, 0.2) is 0 Å². The van der Waals surface area contributed by atoms with Gasteiger partial charge in [-0.3, -0.25) is 4.79 Å². The van der Waals surface area contributed by atoms with Crippen molar-refractivity contribution in [3.63, 3.8) is 0 Å². The molecule has 4 heteroatoms. The third-order valence-electron chi connectivity index (χ3n) is 2.67. The molecule has 15 heavy (non-hydrogen) atoms. The zero-order valence-corrected chi connectivity index (χ0v) is 9.24. The summed E-state index contributed by atoms with van der Waals surface area (Å²) in [6, 6.07) is 2.13. The fourth-order valence-corrected chi connectivity index (χ4v) is 1.92. The van der Waals surface area contributed by atoms with Gasteiger partial charge in [0.05, 0.1) is 18.6 Å². The maximum absolute atomic E-state index is 11.5. The molecule has 0 radical (unpaired) electrons. The second kappa shape index (κ2) is 6.41. The highest BCUT2D eigenvalue weighted by Gasteiger charge is 2.26. The van der Waals surface area contributed by atoms with E-state index in [1.807, 2.05) is 6.92 Å². The Bertz CT molecular complexity index is 247. The van der Waals surface area contributed by atoms with E-state index in [1.54, 1.807) is 0 Å². The van der Waals surface area contributed by atoms with Gasteiger partial charge in [0.15, 0.2) is 0 Å². The molecule has 84 valence electrons. The fourth-order valence-electron chi connectivity index (χ4n) is 1.92. The molecule has 0 aromatic carbocycles. The van der Waals surface area contributed by atoms with Crippen molar-refractivity contribution in [3.05, 3.63) is 0 Å². The molecular weight excluding hydrogens is 192 g/mol.